The molecule has 23 heavy (non-hydrogen) atoms. The first-order valence-corrected chi connectivity index (χ1v) is 10.0. The summed E-state index contributed by atoms with van der Waals surface area (Å²) in [7, 11) is -3.26. The van der Waals surface area contributed by atoms with Crippen molar-refractivity contribution in [1.29, 1.82) is 0 Å². The largest absolute Gasteiger partial charge is 0.350 e. The van der Waals surface area contributed by atoms with Crippen LogP contribution in [0, 0.1) is 5.92 Å². The van der Waals surface area contributed by atoms with Gasteiger partial charge in [0.05, 0.1) is 23.9 Å². The topological polar surface area (TPSA) is 55.8 Å². The Morgan fingerprint density at radius 1 is 1.09 bits per heavy atom. The van der Waals surface area contributed by atoms with E-state index in [1.54, 1.807) is 24.3 Å². The quantitative estimate of drug-likeness (QED) is 0.806. The highest BCUT2D eigenvalue weighted by molar-refractivity contribution is 7.91. The van der Waals surface area contributed by atoms with E-state index in [1.165, 1.54) is 0 Å². The van der Waals surface area contributed by atoms with Crippen molar-refractivity contribution in [3.05, 3.63) is 29.3 Å². The molecule has 0 N–H and O–H groups in total. The Morgan fingerprint density at radius 2 is 1.70 bits per heavy atom. The lowest BCUT2D eigenvalue weighted by Gasteiger charge is -2.33. The minimum Gasteiger partial charge on any atom is -0.350 e. The summed E-state index contributed by atoms with van der Waals surface area (Å²) in [5.41, 5.74) is 0. The molecule has 1 aromatic rings. The van der Waals surface area contributed by atoms with Gasteiger partial charge in [-0.25, -0.2) is 8.42 Å². The minimum atomic E-state index is -3.26. The predicted molar refractivity (Wildman–Crippen MR) is 88.4 cm³/mol. The van der Waals surface area contributed by atoms with Crippen LogP contribution in [0.1, 0.15) is 12.8 Å². The molecule has 0 aromatic heterocycles. The summed E-state index contributed by atoms with van der Waals surface area (Å²) in [6, 6.07) is 6.36. The average molecular weight is 360 g/mol. The smallest absolute Gasteiger partial charge is 0.179 e. The molecule has 5 nitrogen and oxygen atoms in total. The highest BCUT2D eigenvalue weighted by Gasteiger charge is 2.30. The van der Waals surface area contributed by atoms with Gasteiger partial charge in [-0.05, 0) is 50.2 Å². The molecule has 2 fully saturated rings. The Morgan fingerprint density at radius 3 is 2.30 bits per heavy atom. The normalized spacial score (nSPS) is 21.8. The molecule has 2 saturated heterocycles. The number of likely N-dealkylation sites (tertiary alicyclic amines) is 1. The molecule has 0 saturated carbocycles. The molecule has 3 rings (SSSR count). The summed E-state index contributed by atoms with van der Waals surface area (Å²) in [6.07, 6.45) is 1.92. The Balaban J connectivity index is 1.48. The highest BCUT2D eigenvalue weighted by Crippen LogP contribution is 2.26. The van der Waals surface area contributed by atoms with Crippen molar-refractivity contribution < 1.29 is 17.9 Å². The molecular weight excluding hydrogens is 338 g/mol. The van der Waals surface area contributed by atoms with Gasteiger partial charge in [-0.15, -0.1) is 0 Å². The summed E-state index contributed by atoms with van der Waals surface area (Å²) in [5.74, 6) is 0.567. The summed E-state index contributed by atoms with van der Waals surface area (Å²) >= 11 is 5.80. The molecule has 0 aliphatic carbocycles. The Kier molecular flexibility index (Phi) is 5.59. The van der Waals surface area contributed by atoms with E-state index in [-0.39, 0.29) is 12.0 Å². The SMILES string of the molecule is O=S(=O)(CCN1CCC(C2OCCO2)CC1)c1ccc(Cl)cc1. The molecule has 0 bridgehead atoms. The fraction of sp³-hybridized carbons (Fsp3) is 0.625. The van der Waals surface area contributed by atoms with Crippen LogP contribution in [-0.2, 0) is 19.3 Å². The number of piperidine rings is 1. The van der Waals surface area contributed by atoms with Gasteiger partial charge in [0, 0.05) is 17.5 Å². The van der Waals surface area contributed by atoms with Crippen molar-refractivity contribution in [2.24, 2.45) is 5.92 Å². The third-order valence-corrected chi connectivity index (χ3v) is 6.48. The Hall–Kier alpha value is -0.660. The van der Waals surface area contributed by atoms with Crippen LogP contribution in [0.15, 0.2) is 29.2 Å². The average Bonchev–Trinajstić information content (AvgIpc) is 3.08. The zero-order valence-corrected chi connectivity index (χ0v) is 14.6. The van der Waals surface area contributed by atoms with Gasteiger partial charge < -0.3 is 14.4 Å². The molecule has 2 aliphatic rings. The van der Waals surface area contributed by atoms with Gasteiger partial charge in [0.15, 0.2) is 16.1 Å². The lowest BCUT2D eigenvalue weighted by molar-refractivity contribution is -0.0970. The van der Waals surface area contributed by atoms with Crippen LogP contribution in [0.25, 0.3) is 0 Å². The van der Waals surface area contributed by atoms with Crippen molar-refractivity contribution in [2.45, 2.75) is 24.0 Å². The second-order valence-corrected chi connectivity index (χ2v) is 8.61. The number of nitrogens with zero attached hydrogens (tertiary/aromatic N) is 1. The molecule has 1 aromatic carbocycles. The van der Waals surface area contributed by atoms with E-state index < -0.39 is 9.84 Å². The first-order valence-electron chi connectivity index (χ1n) is 7.98. The summed E-state index contributed by atoms with van der Waals surface area (Å²) < 4.78 is 35.8. The van der Waals surface area contributed by atoms with Crippen LogP contribution in [-0.4, -0.2) is 58.2 Å². The molecule has 0 atom stereocenters. The fourth-order valence-electron chi connectivity index (χ4n) is 3.11. The highest BCUT2D eigenvalue weighted by atomic mass is 35.5. The minimum absolute atomic E-state index is 0.0602. The monoisotopic (exact) mass is 359 g/mol. The van der Waals surface area contributed by atoms with E-state index in [0.29, 0.717) is 35.6 Å². The Labute approximate surface area is 142 Å². The summed E-state index contributed by atoms with van der Waals surface area (Å²) in [5, 5.41) is 0.544. The number of hydrogen-bond donors (Lipinski definition) is 0. The maximum atomic E-state index is 12.3. The third-order valence-electron chi connectivity index (χ3n) is 4.51. The molecule has 2 aliphatic heterocycles. The lowest BCUT2D eigenvalue weighted by Crippen LogP contribution is -2.40. The van der Waals surface area contributed by atoms with Gasteiger partial charge in [0.2, 0.25) is 0 Å². The molecule has 0 spiro atoms. The number of halogens is 1. The van der Waals surface area contributed by atoms with Gasteiger partial charge in [0.25, 0.3) is 0 Å². The first-order chi connectivity index (χ1) is 11.0. The van der Waals surface area contributed by atoms with Crippen LogP contribution >= 0.6 is 11.6 Å². The lowest BCUT2D eigenvalue weighted by atomic mass is 9.96. The third kappa shape index (κ3) is 4.45. The van der Waals surface area contributed by atoms with E-state index in [4.69, 9.17) is 21.1 Å². The van der Waals surface area contributed by atoms with Crippen LogP contribution in [0.3, 0.4) is 0 Å². The number of benzene rings is 1. The Bertz CT molecular complexity index is 605. The van der Waals surface area contributed by atoms with Crippen molar-refractivity contribution in [3.63, 3.8) is 0 Å². The summed E-state index contributed by atoms with van der Waals surface area (Å²) in [4.78, 5) is 2.54. The van der Waals surface area contributed by atoms with Crippen LogP contribution < -0.4 is 0 Å². The standard InChI is InChI=1S/C16H22ClNO4S/c17-14-1-3-15(4-2-14)23(19,20)12-9-18-7-5-13(6-8-18)16-21-10-11-22-16/h1-4,13,16H,5-12H2. The van der Waals surface area contributed by atoms with Crippen molar-refractivity contribution >= 4 is 21.4 Å². The maximum absolute atomic E-state index is 12.3. The molecular formula is C16H22ClNO4S. The number of ether oxygens (including phenoxy) is 2. The van der Waals surface area contributed by atoms with Gasteiger partial charge in [-0.3, -0.25) is 0 Å². The van der Waals surface area contributed by atoms with Crippen LogP contribution in [0.5, 0.6) is 0 Å². The molecule has 0 unspecified atom stereocenters. The van der Waals surface area contributed by atoms with E-state index in [1.807, 2.05) is 0 Å². The second-order valence-electron chi connectivity index (χ2n) is 6.06. The number of hydrogen-bond acceptors (Lipinski definition) is 5. The van der Waals surface area contributed by atoms with Crippen LogP contribution in [0.4, 0.5) is 0 Å². The van der Waals surface area contributed by atoms with Gasteiger partial charge in [-0.2, -0.15) is 0 Å². The zero-order valence-electron chi connectivity index (χ0n) is 13.0. The first kappa shape index (κ1) is 17.2. The second kappa shape index (κ2) is 7.49. The number of sulfone groups is 1. The predicted octanol–water partition coefficient (Wildman–Crippen LogP) is 2.20. The molecule has 0 radical (unpaired) electrons. The van der Waals surface area contributed by atoms with E-state index in [2.05, 4.69) is 4.90 Å². The molecule has 128 valence electrons. The maximum Gasteiger partial charge on any atom is 0.179 e. The van der Waals surface area contributed by atoms with E-state index in [9.17, 15) is 8.42 Å². The van der Waals surface area contributed by atoms with Gasteiger partial charge >= 0.3 is 0 Å². The van der Waals surface area contributed by atoms with Gasteiger partial charge in [0.1, 0.15) is 0 Å². The van der Waals surface area contributed by atoms with Crippen LogP contribution in [0.2, 0.25) is 5.02 Å². The fourth-order valence-corrected chi connectivity index (χ4v) is 4.52. The van der Waals surface area contributed by atoms with E-state index >= 15 is 0 Å². The van der Waals surface area contributed by atoms with Crippen molar-refractivity contribution in [3.8, 4) is 0 Å². The zero-order chi connectivity index (χ0) is 16.3. The van der Waals surface area contributed by atoms with Crippen molar-refractivity contribution in [1.82, 2.24) is 4.90 Å². The number of rotatable bonds is 5. The summed E-state index contributed by atoms with van der Waals surface area (Å²) in [6.45, 7) is 3.71. The molecule has 7 heteroatoms. The van der Waals surface area contributed by atoms with Crippen molar-refractivity contribution in [2.75, 3.05) is 38.6 Å². The van der Waals surface area contributed by atoms with E-state index in [0.717, 1.165) is 25.9 Å². The van der Waals surface area contributed by atoms with Gasteiger partial charge in [-0.1, -0.05) is 11.6 Å². The molecule has 0 amide bonds. The molecule has 2 heterocycles.